The van der Waals surface area contributed by atoms with Gasteiger partial charge in [-0.3, -0.25) is 9.69 Å². The first-order valence-electron chi connectivity index (χ1n) is 9.93. The van der Waals surface area contributed by atoms with Gasteiger partial charge in [0.25, 0.3) is 5.91 Å². The fraction of sp³-hybridized carbons (Fsp3) is 0.700. The Morgan fingerprint density at radius 2 is 2.04 bits per heavy atom. The first-order valence-corrected chi connectivity index (χ1v) is 9.93. The summed E-state index contributed by atoms with van der Waals surface area (Å²) in [6.45, 7) is 4.90. The molecule has 0 bridgehead atoms. The van der Waals surface area contributed by atoms with E-state index in [-0.39, 0.29) is 11.4 Å². The van der Waals surface area contributed by atoms with Crippen LogP contribution < -0.4 is 10.1 Å². The van der Waals surface area contributed by atoms with Crippen molar-refractivity contribution in [3.05, 3.63) is 23.9 Å². The van der Waals surface area contributed by atoms with Crippen LogP contribution in [0.3, 0.4) is 0 Å². The van der Waals surface area contributed by atoms with Crippen molar-refractivity contribution in [1.29, 1.82) is 0 Å². The van der Waals surface area contributed by atoms with Crippen LogP contribution in [0.5, 0.6) is 5.88 Å². The number of hydrogen-bond donors (Lipinski definition) is 1. The lowest BCUT2D eigenvalue weighted by molar-refractivity contribution is -0.0361. The van der Waals surface area contributed by atoms with Crippen molar-refractivity contribution in [3.63, 3.8) is 0 Å². The predicted molar refractivity (Wildman–Crippen MR) is 102 cm³/mol. The first kappa shape index (κ1) is 20.0. The van der Waals surface area contributed by atoms with Crippen molar-refractivity contribution < 1.29 is 19.0 Å². The highest BCUT2D eigenvalue weighted by molar-refractivity contribution is 5.96. The number of morpholine rings is 1. The van der Waals surface area contributed by atoms with Crippen LogP contribution in [0.2, 0.25) is 0 Å². The molecule has 7 nitrogen and oxygen atoms in total. The molecule has 7 heteroatoms. The molecule has 27 heavy (non-hydrogen) atoms. The van der Waals surface area contributed by atoms with Gasteiger partial charge in [0.2, 0.25) is 5.88 Å². The molecule has 1 saturated heterocycles. The third-order valence-electron chi connectivity index (χ3n) is 5.59. The van der Waals surface area contributed by atoms with Crippen molar-refractivity contribution in [3.8, 4) is 5.88 Å². The molecule has 1 aliphatic heterocycles. The van der Waals surface area contributed by atoms with E-state index in [4.69, 9.17) is 14.2 Å². The molecule has 0 radical (unpaired) electrons. The average Bonchev–Trinajstić information content (AvgIpc) is 2.74. The van der Waals surface area contributed by atoms with Crippen LogP contribution in [0.15, 0.2) is 18.3 Å². The van der Waals surface area contributed by atoms with Gasteiger partial charge in [-0.05, 0) is 25.0 Å². The molecule has 2 aliphatic rings. The highest BCUT2D eigenvalue weighted by atomic mass is 16.5. The molecule has 150 valence electrons. The predicted octanol–water partition coefficient (Wildman–Crippen LogP) is 1.87. The third-order valence-corrected chi connectivity index (χ3v) is 5.59. The molecule has 2 heterocycles. The molecule has 2 fully saturated rings. The van der Waals surface area contributed by atoms with Gasteiger partial charge in [-0.1, -0.05) is 19.3 Å². The SMILES string of the molecule is COCCOc1ncccc1C(=O)NCC1(N2CCOCC2)CCCCC1. The van der Waals surface area contributed by atoms with Gasteiger partial charge in [0, 0.05) is 38.5 Å². The summed E-state index contributed by atoms with van der Waals surface area (Å²) in [6.07, 6.45) is 7.58. The lowest BCUT2D eigenvalue weighted by Crippen LogP contribution is -2.59. The molecule has 0 unspecified atom stereocenters. The van der Waals surface area contributed by atoms with Gasteiger partial charge in [-0.2, -0.15) is 0 Å². The van der Waals surface area contributed by atoms with Crippen LogP contribution in [-0.4, -0.2) is 74.5 Å². The minimum Gasteiger partial charge on any atom is -0.475 e. The van der Waals surface area contributed by atoms with Gasteiger partial charge in [0.15, 0.2) is 0 Å². The largest absolute Gasteiger partial charge is 0.475 e. The minimum atomic E-state index is -0.131. The number of carbonyl (C=O) groups is 1. The fourth-order valence-electron chi connectivity index (χ4n) is 4.09. The number of rotatable bonds is 8. The van der Waals surface area contributed by atoms with Crippen molar-refractivity contribution in [2.24, 2.45) is 0 Å². The Balaban J connectivity index is 1.65. The first-order chi connectivity index (χ1) is 13.2. The molecule has 3 rings (SSSR count). The van der Waals surface area contributed by atoms with Crippen molar-refractivity contribution in [2.75, 3.05) is 53.2 Å². The number of amides is 1. The Labute approximate surface area is 161 Å². The van der Waals surface area contributed by atoms with Gasteiger partial charge in [0.05, 0.1) is 19.8 Å². The van der Waals surface area contributed by atoms with E-state index >= 15 is 0 Å². The minimum absolute atomic E-state index is 0.0387. The maximum absolute atomic E-state index is 12.9. The lowest BCUT2D eigenvalue weighted by atomic mass is 9.79. The summed E-state index contributed by atoms with van der Waals surface area (Å²) in [5.74, 6) is 0.227. The number of carbonyl (C=O) groups excluding carboxylic acids is 1. The van der Waals surface area contributed by atoms with Crippen LogP contribution >= 0.6 is 0 Å². The van der Waals surface area contributed by atoms with E-state index in [1.165, 1.54) is 19.3 Å². The summed E-state index contributed by atoms with van der Waals surface area (Å²) in [5, 5.41) is 3.16. The highest BCUT2D eigenvalue weighted by Gasteiger charge is 2.39. The Morgan fingerprint density at radius 1 is 1.26 bits per heavy atom. The van der Waals surface area contributed by atoms with Crippen LogP contribution in [-0.2, 0) is 9.47 Å². The zero-order valence-corrected chi connectivity index (χ0v) is 16.2. The number of hydrogen-bond acceptors (Lipinski definition) is 6. The molecule has 1 N–H and O–H groups in total. The summed E-state index contributed by atoms with van der Waals surface area (Å²) in [6, 6.07) is 3.52. The number of methoxy groups -OCH3 is 1. The van der Waals surface area contributed by atoms with Gasteiger partial charge >= 0.3 is 0 Å². The fourth-order valence-corrected chi connectivity index (χ4v) is 4.09. The summed E-state index contributed by atoms with van der Waals surface area (Å²) < 4.78 is 16.1. The second kappa shape index (κ2) is 10.0. The van der Waals surface area contributed by atoms with E-state index in [1.807, 2.05) is 0 Å². The Bertz CT molecular complexity index is 599. The lowest BCUT2D eigenvalue weighted by Gasteiger charge is -2.48. The van der Waals surface area contributed by atoms with Crippen LogP contribution in [0.25, 0.3) is 0 Å². The number of nitrogens with zero attached hydrogens (tertiary/aromatic N) is 2. The molecule has 1 saturated carbocycles. The molecule has 1 amide bonds. The van der Waals surface area contributed by atoms with Gasteiger partial charge in [-0.25, -0.2) is 4.98 Å². The molecular weight excluding hydrogens is 346 g/mol. The van der Waals surface area contributed by atoms with Crippen LogP contribution in [0, 0.1) is 0 Å². The van der Waals surface area contributed by atoms with Crippen LogP contribution in [0.4, 0.5) is 0 Å². The second-order valence-corrected chi connectivity index (χ2v) is 7.26. The molecule has 0 aromatic carbocycles. The molecule has 1 aromatic heterocycles. The van der Waals surface area contributed by atoms with Crippen molar-refractivity contribution in [2.45, 2.75) is 37.6 Å². The molecule has 0 atom stereocenters. The third kappa shape index (κ3) is 5.18. The van der Waals surface area contributed by atoms with Crippen molar-refractivity contribution in [1.82, 2.24) is 15.2 Å². The number of pyridine rings is 1. The summed E-state index contributed by atoms with van der Waals surface area (Å²) >= 11 is 0. The molecule has 0 spiro atoms. The van der Waals surface area contributed by atoms with E-state index in [2.05, 4.69) is 15.2 Å². The van der Waals surface area contributed by atoms with E-state index in [1.54, 1.807) is 25.4 Å². The maximum Gasteiger partial charge on any atom is 0.256 e. The number of ether oxygens (including phenoxy) is 3. The summed E-state index contributed by atoms with van der Waals surface area (Å²) in [5.41, 5.74) is 0.512. The summed E-state index contributed by atoms with van der Waals surface area (Å²) in [4.78, 5) is 19.6. The standard InChI is InChI=1S/C20H31N3O4/c1-25-14-15-27-19-17(6-5-9-21-19)18(24)22-16-20(7-3-2-4-8-20)23-10-12-26-13-11-23/h5-6,9H,2-4,7-8,10-16H2,1H3,(H,22,24). The topological polar surface area (TPSA) is 72.9 Å². The monoisotopic (exact) mass is 377 g/mol. The maximum atomic E-state index is 12.9. The van der Waals surface area contributed by atoms with Crippen molar-refractivity contribution >= 4 is 5.91 Å². The van der Waals surface area contributed by atoms with E-state index in [0.29, 0.717) is 31.2 Å². The quantitative estimate of drug-likeness (QED) is 0.698. The molecule has 1 aliphatic carbocycles. The Hall–Kier alpha value is -1.70. The van der Waals surface area contributed by atoms with E-state index in [9.17, 15) is 4.79 Å². The summed E-state index contributed by atoms with van der Waals surface area (Å²) in [7, 11) is 1.62. The van der Waals surface area contributed by atoms with Gasteiger partial charge in [-0.15, -0.1) is 0 Å². The number of aromatic nitrogens is 1. The highest BCUT2D eigenvalue weighted by Crippen LogP contribution is 2.34. The van der Waals surface area contributed by atoms with Crippen LogP contribution in [0.1, 0.15) is 42.5 Å². The average molecular weight is 377 g/mol. The second-order valence-electron chi connectivity index (χ2n) is 7.26. The molecular formula is C20H31N3O4. The smallest absolute Gasteiger partial charge is 0.256 e. The molecule has 1 aromatic rings. The normalized spacial score (nSPS) is 20.2. The van der Waals surface area contributed by atoms with E-state index in [0.717, 1.165) is 39.1 Å². The zero-order valence-electron chi connectivity index (χ0n) is 16.2. The Morgan fingerprint density at radius 3 is 2.78 bits per heavy atom. The number of nitrogens with one attached hydrogen (secondary N) is 1. The van der Waals surface area contributed by atoms with E-state index < -0.39 is 0 Å². The van der Waals surface area contributed by atoms with Gasteiger partial charge < -0.3 is 19.5 Å². The Kier molecular flexibility index (Phi) is 7.43. The van der Waals surface area contributed by atoms with Gasteiger partial charge in [0.1, 0.15) is 12.2 Å². The zero-order chi connectivity index (χ0) is 19.0.